The fraction of sp³-hybridized carbons (Fsp3) is 0.103. The summed E-state index contributed by atoms with van der Waals surface area (Å²) in [4.78, 5) is 20.4. The maximum absolute atomic E-state index is 10.2. The highest BCUT2D eigenvalue weighted by atomic mass is 16.4. The Morgan fingerprint density at radius 1 is 0.514 bits per heavy atom. The minimum Gasteiger partial charge on any atom is -0.478 e. The summed E-state index contributed by atoms with van der Waals surface area (Å²) in [7, 11) is 0. The van der Waals surface area contributed by atoms with Crippen LogP contribution in [0.1, 0.15) is 31.8 Å². The van der Waals surface area contributed by atoms with Crippen molar-refractivity contribution in [2.24, 2.45) is 0 Å². The van der Waals surface area contributed by atoms with Crippen LogP contribution in [0.5, 0.6) is 0 Å². The van der Waals surface area contributed by atoms with Crippen LogP contribution in [0.2, 0.25) is 0 Å². The van der Waals surface area contributed by atoms with E-state index in [0.29, 0.717) is 11.1 Å². The molecule has 0 fully saturated rings. The van der Waals surface area contributed by atoms with Crippen molar-refractivity contribution in [1.29, 1.82) is 0 Å². The predicted molar refractivity (Wildman–Crippen MR) is 134 cm³/mol. The summed E-state index contributed by atoms with van der Waals surface area (Å²) in [6.45, 7) is -0.144. The molecule has 0 bridgehead atoms. The molecule has 1 aliphatic rings. The Kier molecular flexibility index (Phi) is 8.51. The van der Waals surface area contributed by atoms with Crippen LogP contribution < -0.4 is 0 Å². The second-order valence-electron chi connectivity index (χ2n) is 7.83. The highest BCUT2D eigenvalue weighted by Gasteiger charge is 2.41. The molecular weight excluding hydrogens is 444 g/mol. The van der Waals surface area contributed by atoms with Crippen molar-refractivity contribution in [2.75, 3.05) is 13.2 Å². The van der Waals surface area contributed by atoms with Crippen LogP contribution in [0.4, 0.5) is 0 Å². The summed E-state index contributed by atoms with van der Waals surface area (Å²) in [5.41, 5.74) is 4.29. The maximum Gasteiger partial charge on any atom is 0.335 e. The molecule has 0 aromatic heterocycles. The van der Waals surface area contributed by atoms with Crippen LogP contribution in [0, 0.1) is 0 Å². The number of aliphatic hydroxyl groups excluding tert-OH is 2. The standard InChI is InChI=1S/C15H14O2.2C7H6O2/c16-9-15(10-17)13-7-3-1-5-11(13)12-6-2-4-8-14(12)15;2*8-7(9)6-4-2-1-3-5-6/h1-8,16-17H,9-10H2;2*1-5H,(H,8,9). The number of aliphatic hydroxyl groups is 2. The molecule has 6 nitrogen and oxygen atoms in total. The van der Waals surface area contributed by atoms with Gasteiger partial charge in [0.25, 0.3) is 0 Å². The van der Waals surface area contributed by atoms with Gasteiger partial charge in [-0.2, -0.15) is 0 Å². The third-order valence-electron chi connectivity index (χ3n) is 5.76. The monoisotopic (exact) mass is 470 g/mol. The van der Waals surface area contributed by atoms with Crippen molar-refractivity contribution in [1.82, 2.24) is 0 Å². The lowest BCUT2D eigenvalue weighted by molar-refractivity contribution is 0.0686. The first-order valence-corrected chi connectivity index (χ1v) is 10.9. The first-order valence-electron chi connectivity index (χ1n) is 10.9. The van der Waals surface area contributed by atoms with Crippen molar-refractivity contribution < 1.29 is 30.0 Å². The zero-order valence-corrected chi connectivity index (χ0v) is 18.9. The van der Waals surface area contributed by atoms with Crippen LogP contribution >= 0.6 is 0 Å². The van der Waals surface area contributed by atoms with Gasteiger partial charge in [-0.25, -0.2) is 9.59 Å². The van der Waals surface area contributed by atoms with Crippen molar-refractivity contribution in [2.45, 2.75) is 5.41 Å². The van der Waals surface area contributed by atoms with Gasteiger partial charge in [0.15, 0.2) is 0 Å². The zero-order valence-electron chi connectivity index (χ0n) is 18.9. The number of carboxylic acid groups (broad SMARTS) is 2. The van der Waals surface area contributed by atoms with E-state index in [-0.39, 0.29) is 13.2 Å². The Balaban J connectivity index is 0.000000162. The quantitative estimate of drug-likeness (QED) is 0.343. The lowest BCUT2D eigenvalue weighted by Gasteiger charge is -2.27. The van der Waals surface area contributed by atoms with Gasteiger partial charge in [-0.05, 0) is 46.5 Å². The van der Waals surface area contributed by atoms with Gasteiger partial charge >= 0.3 is 11.9 Å². The van der Waals surface area contributed by atoms with Crippen molar-refractivity contribution in [3.63, 3.8) is 0 Å². The van der Waals surface area contributed by atoms with E-state index in [1.807, 2.05) is 48.5 Å². The normalized spacial score (nSPS) is 12.1. The molecule has 0 amide bonds. The largest absolute Gasteiger partial charge is 0.478 e. The second kappa shape index (κ2) is 11.7. The van der Waals surface area contributed by atoms with Gasteiger partial charge < -0.3 is 20.4 Å². The average molecular weight is 471 g/mol. The molecule has 178 valence electrons. The molecular formula is C29H26O6. The minimum absolute atomic E-state index is 0.0719. The Morgan fingerprint density at radius 3 is 1.11 bits per heavy atom. The van der Waals surface area contributed by atoms with E-state index in [1.165, 1.54) is 0 Å². The van der Waals surface area contributed by atoms with Crippen LogP contribution in [0.25, 0.3) is 11.1 Å². The Morgan fingerprint density at radius 2 is 0.829 bits per heavy atom. The maximum atomic E-state index is 10.2. The van der Waals surface area contributed by atoms with Crippen molar-refractivity contribution >= 4 is 11.9 Å². The van der Waals surface area contributed by atoms with E-state index < -0.39 is 17.4 Å². The van der Waals surface area contributed by atoms with Gasteiger partial charge in [0.2, 0.25) is 0 Å². The van der Waals surface area contributed by atoms with E-state index in [9.17, 15) is 19.8 Å². The van der Waals surface area contributed by atoms with Gasteiger partial charge in [-0.15, -0.1) is 0 Å². The van der Waals surface area contributed by atoms with E-state index >= 15 is 0 Å². The minimum atomic E-state index is -0.879. The molecule has 4 N–H and O–H groups in total. The lowest BCUT2D eigenvalue weighted by Crippen LogP contribution is -2.33. The summed E-state index contributed by atoms with van der Waals surface area (Å²) in [5, 5.41) is 36.3. The number of carbonyl (C=O) groups is 2. The topological polar surface area (TPSA) is 115 Å². The molecule has 5 rings (SSSR count). The predicted octanol–water partition coefficient (Wildman–Crippen LogP) is 4.71. The number of hydrogen-bond acceptors (Lipinski definition) is 4. The third-order valence-corrected chi connectivity index (χ3v) is 5.76. The summed E-state index contributed by atoms with van der Waals surface area (Å²) in [6, 6.07) is 32.5. The highest BCUT2D eigenvalue weighted by Crippen LogP contribution is 2.48. The Labute approximate surface area is 203 Å². The number of rotatable bonds is 4. The zero-order chi connectivity index (χ0) is 25.3. The van der Waals surface area contributed by atoms with Crippen molar-refractivity contribution in [3.8, 4) is 11.1 Å². The second-order valence-corrected chi connectivity index (χ2v) is 7.83. The molecule has 0 radical (unpaired) electrons. The number of fused-ring (bicyclic) bond motifs is 3. The van der Waals surface area contributed by atoms with Crippen LogP contribution in [-0.2, 0) is 5.41 Å². The molecule has 4 aromatic rings. The highest BCUT2D eigenvalue weighted by molar-refractivity contribution is 5.87. The van der Waals surface area contributed by atoms with Crippen LogP contribution in [0.3, 0.4) is 0 Å². The molecule has 0 saturated carbocycles. The Hall–Kier alpha value is -4.26. The van der Waals surface area contributed by atoms with Gasteiger partial charge in [0.1, 0.15) is 0 Å². The van der Waals surface area contributed by atoms with Gasteiger partial charge in [0, 0.05) is 0 Å². The molecule has 1 aliphatic carbocycles. The SMILES string of the molecule is O=C(O)c1ccccc1.O=C(O)c1ccccc1.OCC1(CO)c2ccccc2-c2ccccc21. The fourth-order valence-corrected chi connectivity index (χ4v) is 3.97. The van der Waals surface area contributed by atoms with Gasteiger partial charge in [-0.1, -0.05) is 84.9 Å². The fourth-order valence-electron chi connectivity index (χ4n) is 3.97. The molecule has 0 heterocycles. The first kappa shape index (κ1) is 25.4. The summed E-state index contributed by atoms with van der Waals surface area (Å²) in [6.07, 6.45) is 0. The average Bonchev–Trinajstić information content (AvgIpc) is 3.20. The molecule has 0 saturated heterocycles. The molecule has 0 atom stereocenters. The molecule has 0 spiro atoms. The van der Waals surface area contributed by atoms with E-state index in [1.54, 1.807) is 60.7 Å². The number of benzene rings is 4. The van der Waals surface area contributed by atoms with E-state index in [0.717, 1.165) is 22.3 Å². The molecule has 0 unspecified atom stereocenters. The first-order chi connectivity index (χ1) is 16.9. The number of carboxylic acids is 2. The lowest BCUT2D eigenvalue weighted by atomic mass is 9.80. The number of hydrogen-bond donors (Lipinski definition) is 4. The molecule has 6 heteroatoms. The van der Waals surface area contributed by atoms with Crippen LogP contribution in [0.15, 0.2) is 109 Å². The number of aromatic carboxylic acids is 2. The van der Waals surface area contributed by atoms with Crippen molar-refractivity contribution in [3.05, 3.63) is 131 Å². The molecule has 35 heavy (non-hydrogen) atoms. The van der Waals surface area contributed by atoms with Crippen LogP contribution in [-0.4, -0.2) is 45.6 Å². The molecule has 0 aliphatic heterocycles. The third kappa shape index (κ3) is 5.63. The van der Waals surface area contributed by atoms with E-state index in [4.69, 9.17) is 10.2 Å². The van der Waals surface area contributed by atoms with E-state index in [2.05, 4.69) is 0 Å². The summed E-state index contributed by atoms with van der Waals surface area (Å²) in [5.74, 6) is -1.76. The van der Waals surface area contributed by atoms with Gasteiger partial charge in [-0.3, -0.25) is 0 Å². The molecule has 4 aromatic carbocycles. The Bertz CT molecular complexity index is 1170. The summed E-state index contributed by atoms with van der Waals surface area (Å²) < 4.78 is 0. The smallest absolute Gasteiger partial charge is 0.335 e. The van der Waals surface area contributed by atoms with Gasteiger partial charge in [0.05, 0.1) is 29.8 Å². The summed E-state index contributed by atoms with van der Waals surface area (Å²) >= 11 is 0.